The van der Waals surface area contributed by atoms with Crippen molar-refractivity contribution in [3.8, 4) is 10.4 Å². The van der Waals surface area contributed by atoms with Crippen molar-refractivity contribution in [3.05, 3.63) is 41.0 Å². The van der Waals surface area contributed by atoms with Crippen LogP contribution in [0, 0.1) is 5.82 Å². The first-order valence-corrected chi connectivity index (χ1v) is 9.15. The Morgan fingerprint density at radius 3 is 2.68 bits per heavy atom. The molecule has 0 unspecified atom stereocenters. The number of benzene rings is 1. The fourth-order valence-corrected chi connectivity index (χ4v) is 4.86. The van der Waals surface area contributed by atoms with Gasteiger partial charge in [-0.3, -0.25) is 0 Å². The van der Waals surface area contributed by atoms with Crippen LogP contribution in [0.1, 0.15) is 24.6 Å². The predicted molar refractivity (Wildman–Crippen MR) is 98.4 cm³/mol. The van der Waals surface area contributed by atoms with Crippen LogP contribution in [0.15, 0.2) is 35.3 Å². The number of aliphatic imine (C=N–C) groups is 1. The third kappa shape index (κ3) is 3.18. The normalized spacial score (nSPS) is 10.8. The van der Waals surface area contributed by atoms with Crippen molar-refractivity contribution >= 4 is 55.1 Å². The van der Waals surface area contributed by atoms with Gasteiger partial charge in [0.05, 0.1) is 5.16 Å². The van der Waals surface area contributed by atoms with Crippen molar-refractivity contribution in [2.45, 2.75) is 26.2 Å². The van der Waals surface area contributed by atoms with E-state index in [0.717, 1.165) is 16.9 Å². The number of hydrogen-bond donors (Lipinski definition) is 0. The van der Waals surface area contributed by atoms with Gasteiger partial charge in [0, 0.05) is 19.2 Å². The number of halogens is 1. The van der Waals surface area contributed by atoms with Crippen molar-refractivity contribution in [2.75, 3.05) is 0 Å². The lowest BCUT2D eigenvalue weighted by molar-refractivity contribution is 0.630. The van der Waals surface area contributed by atoms with Gasteiger partial charge in [0.1, 0.15) is 11.5 Å². The van der Waals surface area contributed by atoms with Gasteiger partial charge in [0.2, 0.25) is 0 Å². The molecule has 5 heteroatoms. The van der Waals surface area contributed by atoms with Gasteiger partial charge in [-0.2, -0.15) is 4.99 Å². The Bertz CT molecular complexity index is 825. The van der Waals surface area contributed by atoms with Crippen molar-refractivity contribution < 1.29 is 4.39 Å². The highest BCUT2D eigenvalue weighted by atomic mass is 32.1. The summed E-state index contributed by atoms with van der Waals surface area (Å²) in [5, 5.41) is 2.20. The molecule has 0 saturated carbocycles. The van der Waals surface area contributed by atoms with Gasteiger partial charge in [-0.25, -0.2) is 4.39 Å². The van der Waals surface area contributed by atoms with Crippen LogP contribution in [0.3, 0.4) is 0 Å². The summed E-state index contributed by atoms with van der Waals surface area (Å²) in [5.74, 6) is -0.366. The largest absolute Gasteiger partial charge is 0.205 e. The van der Waals surface area contributed by atoms with Gasteiger partial charge in [-0.15, -0.1) is 22.7 Å². The number of isothiocyanates is 1. The minimum atomic E-state index is -0.366. The van der Waals surface area contributed by atoms with Crippen LogP contribution >= 0.6 is 34.9 Å². The standard InChI is InChI=1S/C17H14FNS3/c1-2-3-4-12-8-16-17(21-12)9-15(22-16)11-5-6-14(19-10-20)13(18)7-11/h5-9H,2-4H2,1H3. The highest BCUT2D eigenvalue weighted by molar-refractivity contribution is 7.78. The molecule has 0 radical (unpaired) electrons. The van der Waals surface area contributed by atoms with Gasteiger partial charge >= 0.3 is 0 Å². The third-order valence-corrected chi connectivity index (χ3v) is 5.93. The lowest BCUT2D eigenvalue weighted by Crippen LogP contribution is -1.78. The summed E-state index contributed by atoms with van der Waals surface area (Å²) in [6, 6.07) is 9.45. The number of rotatable bonds is 5. The van der Waals surface area contributed by atoms with Crippen LogP contribution < -0.4 is 0 Å². The van der Waals surface area contributed by atoms with E-state index in [9.17, 15) is 4.39 Å². The number of hydrogen-bond acceptors (Lipinski definition) is 4. The van der Waals surface area contributed by atoms with Crippen LogP contribution in [0.2, 0.25) is 0 Å². The summed E-state index contributed by atoms with van der Waals surface area (Å²) in [7, 11) is 0. The van der Waals surface area contributed by atoms with Crippen molar-refractivity contribution in [2.24, 2.45) is 4.99 Å². The number of thiocarbonyl (C=S) groups is 1. The second kappa shape index (κ2) is 6.80. The average Bonchev–Trinajstić information content (AvgIpc) is 3.05. The summed E-state index contributed by atoms with van der Waals surface area (Å²) in [5.41, 5.74) is 1.11. The van der Waals surface area contributed by atoms with E-state index in [4.69, 9.17) is 0 Å². The highest BCUT2D eigenvalue weighted by Crippen LogP contribution is 2.39. The number of aryl methyl sites for hydroxylation is 1. The number of thiophene rings is 2. The van der Waals surface area contributed by atoms with E-state index < -0.39 is 0 Å². The lowest BCUT2D eigenvalue weighted by Gasteiger charge is -1.99. The highest BCUT2D eigenvalue weighted by Gasteiger charge is 2.10. The van der Waals surface area contributed by atoms with Crippen molar-refractivity contribution in [3.63, 3.8) is 0 Å². The lowest BCUT2D eigenvalue weighted by atomic mass is 10.1. The van der Waals surface area contributed by atoms with Crippen LogP contribution in [0.25, 0.3) is 19.8 Å². The molecule has 0 amide bonds. The summed E-state index contributed by atoms with van der Waals surface area (Å²) in [4.78, 5) is 6.23. The summed E-state index contributed by atoms with van der Waals surface area (Å²) in [6.07, 6.45) is 3.59. The van der Waals surface area contributed by atoms with Gasteiger partial charge < -0.3 is 0 Å². The zero-order chi connectivity index (χ0) is 15.5. The van der Waals surface area contributed by atoms with E-state index in [1.165, 1.54) is 33.2 Å². The van der Waals surface area contributed by atoms with Crippen molar-refractivity contribution in [1.82, 2.24) is 0 Å². The molecule has 22 heavy (non-hydrogen) atoms. The molecule has 0 bridgehead atoms. The Kier molecular flexibility index (Phi) is 4.79. The average molecular weight is 348 g/mol. The number of nitrogens with zero attached hydrogens (tertiary/aromatic N) is 1. The summed E-state index contributed by atoms with van der Waals surface area (Å²) in [6.45, 7) is 2.21. The third-order valence-electron chi connectivity index (χ3n) is 3.43. The maximum atomic E-state index is 13.9. The topological polar surface area (TPSA) is 12.4 Å². The monoisotopic (exact) mass is 347 g/mol. The second-order valence-corrected chi connectivity index (χ2v) is 7.46. The quantitative estimate of drug-likeness (QED) is 0.363. The zero-order valence-electron chi connectivity index (χ0n) is 12.1. The van der Waals surface area contributed by atoms with Gasteiger partial charge in [-0.1, -0.05) is 19.4 Å². The minimum absolute atomic E-state index is 0.235. The van der Waals surface area contributed by atoms with E-state index >= 15 is 0 Å². The van der Waals surface area contributed by atoms with E-state index in [0.29, 0.717) is 0 Å². The van der Waals surface area contributed by atoms with Gasteiger partial charge in [-0.05, 0) is 54.9 Å². The van der Waals surface area contributed by atoms with Crippen LogP contribution in [-0.4, -0.2) is 5.16 Å². The molecular weight excluding hydrogens is 333 g/mol. The molecular formula is C17H14FNS3. The molecule has 0 aliphatic carbocycles. The molecule has 1 aromatic carbocycles. The minimum Gasteiger partial charge on any atom is -0.205 e. The zero-order valence-corrected chi connectivity index (χ0v) is 14.5. The van der Waals surface area contributed by atoms with Gasteiger partial charge in [0.15, 0.2) is 0 Å². The molecule has 2 heterocycles. The molecule has 0 aliphatic rings. The maximum absolute atomic E-state index is 13.9. The molecule has 0 aliphatic heterocycles. The first-order chi connectivity index (χ1) is 10.7. The molecule has 0 saturated heterocycles. The first-order valence-electron chi connectivity index (χ1n) is 7.11. The number of unbranched alkanes of at least 4 members (excludes halogenated alkanes) is 1. The SMILES string of the molecule is CCCCc1cc2sc(-c3ccc(N=C=S)c(F)c3)cc2s1. The van der Waals surface area contributed by atoms with Gasteiger partial charge in [0.25, 0.3) is 0 Å². The van der Waals surface area contributed by atoms with Crippen LogP contribution in [0.4, 0.5) is 10.1 Å². The fraction of sp³-hybridized carbons (Fsp3) is 0.235. The van der Waals surface area contributed by atoms with Crippen LogP contribution in [-0.2, 0) is 6.42 Å². The molecule has 2 aromatic heterocycles. The molecule has 3 aromatic rings. The summed E-state index contributed by atoms with van der Waals surface area (Å²) < 4.78 is 16.5. The van der Waals surface area contributed by atoms with E-state index in [2.05, 4.69) is 41.4 Å². The Morgan fingerprint density at radius 2 is 2.00 bits per heavy atom. The Morgan fingerprint density at radius 1 is 1.18 bits per heavy atom. The maximum Gasteiger partial charge on any atom is 0.150 e. The molecule has 0 spiro atoms. The summed E-state index contributed by atoms with van der Waals surface area (Å²) >= 11 is 8.07. The van der Waals surface area contributed by atoms with E-state index in [1.807, 2.05) is 17.4 Å². The molecule has 0 N–H and O–H groups in total. The second-order valence-electron chi connectivity index (χ2n) is 5.02. The molecule has 112 valence electrons. The molecule has 0 fully saturated rings. The predicted octanol–water partition coefficient (Wildman–Crippen LogP) is 6.85. The van der Waals surface area contributed by atoms with Crippen molar-refractivity contribution in [1.29, 1.82) is 0 Å². The van der Waals surface area contributed by atoms with E-state index in [1.54, 1.807) is 17.4 Å². The molecule has 1 nitrogen and oxygen atoms in total. The fourth-order valence-electron chi connectivity index (χ4n) is 2.30. The Hall–Kier alpha value is -1.39. The van der Waals surface area contributed by atoms with Crippen LogP contribution in [0.5, 0.6) is 0 Å². The molecule has 0 atom stereocenters. The van der Waals surface area contributed by atoms with E-state index in [-0.39, 0.29) is 11.5 Å². The smallest absolute Gasteiger partial charge is 0.150 e. The first kappa shape index (κ1) is 15.5. The molecule has 3 rings (SSSR count). The number of fused-ring (bicyclic) bond motifs is 1. The Labute approximate surface area is 142 Å². The Balaban J connectivity index is 1.91.